The van der Waals surface area contributed by atoms with E-state index in [1.807, 2.05) is 12.1 Å². The summed E-state index contributed by atoms with van der Waals surface area (Å²) in [7, 11) is 0. The standard InChI is InChI=1S/C40H50N4O4/c1-21(45)41-31-23(19-25-33-29(31)39(7,8)13-17-43(33)15-11-37(25,3)4)27-35(47)28(36(27)48)24-20-26-34-30(32(24)42-22(2)46)40(9,10)14-18-44(34)16-12-38(26,5)6/h19-20H,11-18H2,1-10H3,(H2,41,42,45,46,47,48)/p+1. The van der Waals surface area contributed by atoms with Crippen molar-refractivity contribution in [1.29, 1.82) is 0 Å². The molecule has 0 radical (unpaired) electrons. The van der Waals surface area contributed by atoms with Crippen molar-refractivity contribution in [1.82, 2.24) is 4.58 Å². The topological polar surface area (TPSA) is 102 Å². The van der Waals surface area contributed by atoms with Crippen LogP contribution in [0.1, 0.15) is 123 Å². The molecule has 8 heteroatoms. The molecular formula is C40H51N4O4+. The normalized spacial score (nSPS) is 23.6. The minimum Gasteiger partial charge on any atom is -0.506 e. The first kappa shape index (κ1) is 32.6. The first-order valence-electron chi connectivity index (χ1n) is 17.6. The Kier molecular flexibility index (Phi) is 6.99. The largest absolute Gasteiger partial charge is 0.506 e. The molecule has 4 aliphatic heterocycles. The zero-order chi connectivity index (χ0) is 34.9. The molecule has 0 spiro atoms. The number of nitrogens with zero attached hydrogens (tertiary/aromatic N) is 2. The number of hydrogen-bond acceptors (Lipinski definition) is 5. The van der Waals surface area contributed by atoms with Crippen LogP contribution >= 0.6 is 0 Å². The van der Waals surface area contributed by atoms with Crippen molar-refractivity contribution in [2.45, 2.75) is 117 Å². The highest BCUT2D eigenvalue weighted by Gasteiger charge is 2.47. The molecule has 2 amide bonds. The summed E-state index contributed by atoms with van der Waals surface area (Å²) in [6.45, 7) is 24.5. The number of amides is 2. The molecule has 0 fully saturated rings. The second-order valence-corrected chi connectivity index (χ2v) is 17.4. The molecule has 0 aromatic heterocycles. The maximum absolute atomic E-state index is 14.7. The lowest BCUT2D eigenvalue weighted by atomic mass is 9.66. The predicted molar refractivity (Wildman–Crippen MR) is 192 cm³/mol. The fourth-order valence-electron chi connectivity index (χ4n) is 9.11. The van der Waals surface area contributed by atoms with Crippen molar-refractivity contribution in [2.75, 3.05) is 41.7 Å². The Morgan fingerprint density at radius 3 is 1.88 bits per heavy atom. The van der Waals surface area contributed by atoms with Crippen LogP contribution in [0.2, 0.25) is 0 Å². The summed E-state index contributed by atoms with van der Waals surface area (Å²) in [5.74, 6) is -0.802. The number of rotatable bonds is 3. The smallest absolute Gasteiger partial charge is 0.221 e. The minimum absolute atomic E-state index is 0.0873. The molecule has 3 N–H and O–H groups in total. The van der Waals surface area contributed by atoms with Gasteiger partial charge in [-0.2, -0.15) is 0 Å². The lowest BCUT2D eigenvalue weighted by Crippen LogP contribution is -2.54. The van der Waals surface area contributed by atoms with Gasteiger partial charge in [-0.25, -0.2) is 4.58 Å². The van der Waals surface area contributed by atoms with E-state index in [0.29, 0.717) is 22.2 Å². The van der Waals surface area contributed by atoms with E-state index < -0.39 is 0 Å². The van der Waals surface area contributed by atoms with Gasteiger partial charge < -0.3 is 20.6 Å². The molecule has 0 saturated heterocycles. The second-order valence-electron chi connectivity index (χ2n) is 17.4. The van der Waals surface area contributed by atoms with Gasteiger partial charge in [-0.15, -0.1) is 0 Å². The SMILES string of the molecule is CC(=O)Nc1c(C2=C(O)/C(=c3/cc4c5c(c3NC(C)=O)C(C)(C)CC[N+]=5CCC4(C)C)C2=O)cc2c3c1C(C)(C)CCN3CCC2(C)C. The molecule has 2 aromatic rings. The van der Waals surface area contributed by atoms with Crippen molar-refractivity contribution in [3.63, 3.8) is 0 Å². The monoisotopic (exact) mass is 651 g/mol. The van der Waals surface area contributed by atoms with Crippen LogP contribution in [0.4, 0.5) is 17.1 Å². The molecule has 1 aliphatic carbocycles. The maximum atomic E-state index is 14.7. The predicted octanol–water partition coefficient (Wildman–Crippen LogP) is 5.33. The van der Waals surface area contributed by atoms with E-state index in [1.54, 1.807) is 0 Å². The number of hydrogen-bond donors (Lipinski definition) is 3. The van der Waals surface area contributed by atoms with Gasteiger partial charge in [0, 0.05) is 78.2 Å². The average Bonchev–Trinajstić information content (AvgIpc) is 2.96. The molecular weight excluding hydrogens is 600 g/mol. The van der Waals surface area contributed by atoms with E-state index >= 15 is 0 Å². The molecule has 254 valence electrons. The van der Waals surface area contributed by atoms with E-state index in [0.717, 1.165) is 85.2 Å². The van der Waals surface area contributed by atoms with Crippen LogP contribution in [-0.2, 0) is 36.0 Å². The molecule has 0 bridgehead atoms. The van der Waals surface area contributed by atoms with Gasteiger partial charge in [0.05, 0.1) is 28.1 Å². The summed E-state index contributed by atoms with van der Waals surface area (Å²) < 4.78 is 2.43. The minimum atomic E-state index is -0.275. The Labute approximate surface area is 284 Å². The zero-order valence-corrected chi connectivity index (χ0v) is 30.4. The summed E-state index contributed by atoms with van der Waals surface area (Å²) in [6, 6.07) is 4.10. The Morgan fingerprint density at radius 1 is 0.729 bits per heavy atom. The number of carbonyl (C=O) groups is 3. The van der Waals surface area contributed by atoms with Crippen LogP contribution in [0, 0.1) is 0 Å². The fraction of sp³-hybridized carbons (Fsp3) is 0.550. The first-order valence-corrected chi connectivity index (χ1v) is 17.6. The number of allylic oxidation sites excluding steroid dienone is 2. The zero-order valence-electron chi connectivity index (χ0n) is 30.4. The van der Waals surface area contributed by atoms with Gasteiger partial charge in [-0.1, -0.05) is 55.4 Å². The number of benzene rings is 2. The highest BCUT2D eigenvalue weighted by Crippen LogP contribution is 2.55. The quantitative estimate of drug-likeness (QED) is 0.390. The van der Waals surface area contributed by atoms with E-state index in [2.05, 4.69) is 75.5 Å². The summed E-state index contributed by atoms with van der Waals surface area (Å²) in [6.07, 6.45) is 3.76. The van der Waals surface area contributed by atoms with Gasteiger partial charge >= 0.3 is 0 Å². The fourth-order valence-corrected chi connectivity index (χ4v) is 9.11. The van der Waals surface area contributed by atoms with Crippen molar-refractivity contribution in [3.05, 3.63) is 56.3 Å². The number of Topliss-reactive ketones (excluding diaryl/α,β-unsaturated/α-hetero) is 1. The highest BCUT2D eigenvalue weighted by atomic mass is 16.3. The molecule has 8 nitrogen and oxygen atoms in total. The van der Waals surface area contributed by atoms with Crippen LogP contribution in [-0.4, -0.2) is 48.9 Å². The maximum Gasteiger partial charge on any atom is 0.221 e. The summed E-state index contributed by atoms with van der Waals surface area (Å²) in [4.78, 5) is 42.7. The molecule has 5 aliphatic rings. The third-order valence-corrected chi connectivity index (χ3v) is 12.1. The van der Waals surface area contributed by atoms with Crippen LogP contribution < -0.4 is 30.7 Å². The number of nitrogens with one attached hydrogen (secondary N) is 2. The molecule has 7 rings (SSSR count). The molecule has 0 atom stereocenters. The van der Waals surface area contributed by atoms with Gasteiger partial charge in [-0.05, 0) is 41.4 Å². The number of aliphatic hydroxyl groups is 1. The second kappa shape index (κ2) is 10.3. The van der Waals surface area contributed by atoms with Crippen LogP contribution in [0.15, 0.2) is 17.9 Å². The molecule has 4 heterocycles. The highest BCUT2D eigenvalue weighted by molar-refractivity contribution is 6.52. The van der Waals surface area contributed by atoms with Crippen molar-refractivity contribution in [3.8, 4) is 0 Å². The summed E-state index contributed by atoms with van der Waals surface area (Å²) in [5.41, 5.74) is 6.91. The molecule has 0 unspecified atom stereocenters. The van der Waals surface area contributed by atoms with E-state index in [9.17, 15) is 19.5 Å². The molecule has 48 heavy (non-hydrogen) atoms. The van der Waals surface area contributed by atoms with E-state index in [4.69, 9.17) is 0 Å². The summed E-state index contributed by atoms with van der Waals surface area (Å²) in [5, 5.41) is 20.1. The number of carbonyl (C=O) groups excluding carboxylic acids is 3. The lowest BCUT2D eigenvalue weighted by molar-refractivity contribution is -0.115. The van der Waals surface area contributed by atoms with E-state index in [1.165, 1.54) is 13.8 Å². The third kappa shape index (κ3) is 4.61. The lowest BCUT2D eigenvalue weighted by Gasteiger charge is -2.49. The summed E-state index contributed by atoms with van der Waals surface area (Å²) >= 11 is 0. The Morgan fingerprint density at radius 2 is 1.27 bits per heavy atom. The van der Waals surface area contributed by atoms with E-state index in [-0.39, 0.29) is 56.2 Å². The Bertz CT molecular complexity index is 2020. The van der Waals surface area contributed by atoms with Crippen LogP contribution in [0.25, 0.3) is 11.1 Å². The van der Waals surface area contributed by atoms with Crippen molar-refractivity contribution < 1.29 is 19.5 Å². The molecule has 2 aromatic carbocycles. The van der Waals surface area contributed by atoms with Crippen molar-refractivity contribution >= 4 is 45.8 Å². The third-order valence-electron chi connectivity index (χ3n) is 12.1. The molecule has 0 saturated carbocycles. The van der Waals surface area contributed by atoms with Gasteiger partial charge in [0.15, 0.2) is 0 Å². The van der Waals surface area contributed by atoms with Gasteiger partial charge in [0.25, 0.3) is 0 Å². The first-order chi connectivity index (χ1) is 22.3. The van der Waals surface area contributed by atoms with Gasteiger partial charge in [0.2, 0.25) is 23.0 Å². The number of aliphatic hydroxyl groups excluding tert-OH is 1. The Balaban J connectivity index is 1.59. The van der Waals surface area contributed by atoms with Gasteiger partial charge in [-0.3, -0.25) is 14.4 Å². The van der Waals surface area contributed by atoms with Crippen LogP contribution in [0.3, 0.4) is 0 Å². The number of ketones is 1. The number of anilines is 3. The van der Waals surface area contributed by atoms with Crippen molar-refractivity contribution in [2.24, 2.45) is 0 Å². The average molecular weight is 652 g/mol. The Hall–Kier alpha value is -3.94. The van der Waals surface area contributed by atoms with Crippen LogP contribution in [0.5, 0.6) is 0 Å². The van der Waals surface area contributed by atoms with Gasteiger partial charge in [0.1, 0.15) is 18.8 Å².